The van der Waals surface area contributed by atoms with Crippen LogP contribution in [-0.4, -0.2) is 49.8 Å². The minimum atomic E-state index is 0. The van der Waals surface area contributed by atoms with E-state index in [2.05, 4.69) is 5.32 Å². The number of halogens is 1. The van der Waals surface area contributed by atoms with Gasteiger partial charge in [0, 0.05) is 24.0 Å². The van der Waals surface area contributed by atoms with Crippen molar-refractivity contribution in [2.24, 2.45) is 0 Å². The number of likely N-dealkylation sites (tertiary alicyclic amines) is 1. The van der Waals surface area contributed by atoms with Gasteiger partial charge in [-0.15, -0.1) is 24.2 Å². The molecule has 1 aromatic rings. The highest BCUT2D eigenvalue weighted by atomic mass is 35.5. The van der Waals surface area contributed by atoms with Crippen LogP contribution in [0.5, 0.6) is 5.75 Å². The molecular formula is C15H23ClN2O2S. The van der Waals surface area contributed by atoms with Gasteiger partial charge in [0.25, 0.3) is 0 Å². The lowest BCUT2D eigenvalue weighted by Crippen LogP contribution is -2.41. The molecule has 0 spiro atoms. The van der Waals surface area contributed by atoms with Crippen molar-refractivity contribution >= 4 is 30.1 Å². The van der Waals surface area contributed by atoms with Crippen molar-refractivity contribution in [1.29, 1.82) is 0 Å². The Hall–Kier alpha value is -0.910. The Bertz CT molecular complexity index is 459. The molecule has 118 valence electrons. The van der Waals surface area contributed by atoms with Crippen LogP contribution in [0.15, 0.2) is 29.2 Å². The first-order chi connectivity index (χ1) is 9.74. The largest absolute Gasteiger partial charge is 0.497 e. The molecule has 4 nitrogen and oxygen atoms in total. The van der Waals surface area contributed by atoms with Crippen molar-refractivity contribution < 1.29 is 9.53 Å². The maximum absolute atomic E-state index is 12.3. The predicted molar refractivity (Wildman–Crippen MR) is 89.6 cm³/mol. The van der Waals surface area contributed by atoms with Crippen LogP contribution in [-0.2, 0) is 4.79 Å². The van der Waals surface area contributed by atoms with E-state index in [1.54, 1.807) is 18.9 Å². The summed E-state index contributed by atoms with van der Waals surface area (Å²) in [6, 6.07) is 8.20. The van der Waals surface area contributed by atoms with E-state index in [9.17, 15) is 4.79 Å². The Morgan fingerprint density at radius 2 is 2.33 bits per heavy atom. The van der Waals surface area contributed by atoms with Crippen LogP contribution in [0, 0.1) is 0 Å². The predicted octanol–water partition coefficient (Wildman–Crippen LogP) is 2.42. The first-order valence-electron chi connectivity index (χ1n) is 6.95. The Balaban J connectivity index is 0.00000220. The highest BCUT2D eigenvalue weighted by Crippen LogP contribution is 2.24. The van der Waals surface area contributed by atoms with Gasteiger partial charge in [0.2, 0.25) is 5.91 Å². The van der Waals surface area contributed by atoms with Crippen molar-refractivity contribution in [3.05, 3.63) is 24.3 Å². The first-order valence-corrected chi connectivity index (χ1v) is 7.94. The highest BCUT2D eigenvalue weighted by molar-refractivity contribution is 8.00. The molecule has 1 saturated heterocycles. The molecule has 1 N–H and O–H groups in total. The van der Waals surface area contributed by atoms with Crippen LogP contribution in [0.1, 0.15) is 12.8 Å². The number of hydrogen-bond donors (Lipinski definition) is 1. The molecule has 1 amide bonds. The van der Waals surface area contributed by atoms with Crippen LogP contribution in [0.25, 0.3) is 0 Å². The minimum absolute atomic E-state index is 0. The second kappa shape index (κ2) is 9.18. The maximum Gasteiger partial charge on any atom is 0.233 e. The summed E-state index contributed by atoms with van der Waals surface area (Å²) in [5, 5.41) is 3.17. The molecule has 6 heteroatoms. The SMILES string of the molecule is CNCC1CCCN1C(=O)CSc1cccc(OC)c1.Cl. The van der Waals surface area contributed by atoms with Gasteiger partial charge in [-0.3, -0.25) is 4.79 Å². The molecule has 1 aliphatic rings. The molecule has 1 atom stereocenters. The molecule has 1 aromatic carbocycles. The maximum atomic E-state index is 12.3. The zero-order valence-electron chi connectivity index (χ0n) is 12.5. The van der Waals surface area contributed by atoms with Crippen LogP contribution in [0.2, 0.25) is 0 Å². The van der Waals surface area contributed by atoms with E-state index < -0.39 is 0 Å². The summed E-state index contributed by atoms with van der Waals surface area (Å²) in [5.41, 5.74) is 0. The van der Waals surface area contributed by atoms with Gasteiger partial charge in [0.15, 0.2) is 0 Å². The number of rotatable bonds is 6. The molecular weight excluding hydrogens is 308 g/mol. The topological polar surface area (TPSA) is 41.6 Å². The number of nitrogens with zero attached hydrogens (tertiary/aromatic N) is 1. The number of carbonyl (C=O) groups excluding carboxylic acids is 1. The zero-order valence-corrected chi connectivity index (χ0v) is 14.1. The second-order valence-corrected chi connectivity index (χ2v) is 5.96. The zero-order chi connectivity index (χ0) is 14.4. The van der Waals surface area contributed by atoms with E-state index in [0.717, 1.165) is 36.6 Å². The van der Waals surface area contributed by atoms with Gasteiger partial charge in [-0.25, -0.2) is 0 Å². The second-order valence-electron chi connectivity index (χ2n) is 4.91. The fourth-order valence-electron chi connectivity index (χ4n) is 2.53. The third-order valence-electron chi connectivity index (χ3n) is 3.54. The fraction of sp³-hybridized carbons (Fsp3) is 0.533. The van der Waals surface area contributed by atoms with Crippen LogP contribution in [0.4, 0.5) is 0 Å². The van der Waals surface area contributed by atoms with Crippen molar-refractivity contribution in [2.75, 3.05) is 33.0 Å². The molecule has 0 bridgehead atoms. The molecule has 0 aliphatic carbocycles. The Morgan fingerprint density at radius 3 is 3.05 bits per heavy atom. The monoisotopic (exact) mass is 330 g/mol. The molecule has 0 saturated carbocycles. The average molecular weight is 331 g/mol. The number of ether oxygens (including phenoxy) is 1. The van der Waals surface area contributed by atoms with Crippen molar-refractivity contribution in [3.8, 4) is 5.75 Å². The lowest BCUT2D eigenvalue weighted by Gasteiger charge is -2.24. The number of thioether (sulfide) groups is 1. The van der Waals surface area contributed by atoms with Gasteiger partial charge >= 0.3 is 0 Å². The summed E-state index contributed by atoms with van der Waals surface area (Å²) in [6.07, 6.45) is 2.22. The lowest BCUT2D eigenvalue weighted by atomic mass is 10.2. The standard InChI is InChI=1S/C15H22N2O2S.ClH/c1-16-10-12-5-4-8-17(12)15(18)11-20-14-7-3-6-13(9-14)19-2;/h3,6-7,9,12,16H,4-5,8,10-11H2,1-2H3;1H. The number of amides is 1. The van der Waals surface area contributed by atoms with Gasteiger partial charge in [0.05, 0.1) is 12.9 Å². The van der Waals surface area contributed by atoms with Gasteiger partial charge in [0.1, 0.15) is 5.75 Å². The summed E-state index contributed by atoms with van der Waals surface area (Å²) >= 11 is 1.57. The smallest absolute Gasteiger partial charge is 0.233 e. The molecule has 0 radical (unpaired) electrons. The van der Waals surface area contributed by atoms with Gasteiger partial charge in [-0.1, -0.05) is 6.07 Å². The summed E-state index contributed by atoms with van der Waals surface area (Å²) < 4.78 is 5.19. The molecule has 1 aliphatic heterocycles. The van der Waals surface area contributed by atoms with Crippen molar-refractivity contribution in [3.63, 3.8) is 0 Å². The number of carbonyl (C=O) groups is 1. The van der Waals surface area contributed by atoms with Gasteiger partial charge < -0.3 is 15.0 Å². The first kappa shape index (κ1) is 18.1. The van der Waals surface area contributed by atoms with E-state index in [-0.39, 0.29) is 18.3 Å². The molecule has 21 heavy (non-hydrogen) atoms. The number of hydrogen-bond acceptors (Lipinski definition) is 4. The summed E-state index contributed by atoms with van der Waals surface area (Å²) in [7, 11) is 3.59. The van der Waals surface area contributed by atoms with Crippen LogP contribution >= 0.6 is 24.2 Å². The van der Waals surface area contributed by atoms with Gasteiger partial charge in [-0.2, -0.15) is 0 Å². The van der Waals surface area contributed by atoms with Gasteiger partial charge in [-0.05, 0) is 38.1 Å². The third-order valence-corrected chi connectivity index (χ3v) is 4.52. The van der Waals surface area contributed by atoms with E-state index in [1.165, 1.54) is 0 Å². The number of methoxy groups -OCH3 is 1. The van der Waals surface area contributed by atoms with E-state index in [4.69, 9.17) is 4.74 Å². The number of benzene rings is 1. The Kier molecular flexibility index (Phi) is 7.93. The van der Waals surface area contributed by atoms with Crippen LogP contribution < -0.4 is 10.1 Å². The van der Waals surface area contributed by atoms with E-state index >= 15 is 0 Å². The summed E-state index contributed by atoms with van der Waals surface area (Å²) in [6.45, 7) is 1.78. The molecule has 1 unspecified atom stereocenters. The lowest BCUT2D eigenvalue weighted by molar-refractivity contribution is -0.129. The third kappa shape index (κ3) is 5.09. The number of nitrogens with one attached hydrogen (secondary N) is 1. The average Bonchev–Trinajstić information content (AvgIpc) is 2.94. The summed E-state index contributed by atoms with van der Waals surface area (Å²) in [5.74, 6) is 1.56. The Labute approximate surface area is 137 Å². The van der Waals surface area contributed by atoms with Crippen molar-refractivity contribution in [1.82, 2.24) is 10.2 Å². The minimum Gasteiger partial charge on any atom is -0.497 e. The molecule has 1 fully saturated rings. The van der Waals surface area contributed by atoms with E-state index in [0.29, 0.717) is 11.8 Å². The quantitative estimate of drug-likeness (QED) is 0.813. The van der Waals surface area contributed by atoms with Crippen LogP contribution in [0.3, 0.4) is 0 Å². The van der Waals surface area contributed by atoms with E-state index in [1.807, 2.05) is 36.2 Å². The fourth-order valence-corrected chi connectivity index (χ4v) is 3.36. The normalized spacial score (nSPS) is 17.4. The highest BCUT2D eigenvalue weighted by Gasteiger charge is 2.27. The Morgan fingerprint density at radius 1 is 1.52 bits per heavy atom. The number of likely N-dealkylation sites (N-methyl/N-ethyl adjacent to an activating group) is 1. The molecule has 1 heterocycles. The van der Waals surface area contributed by atoms with Crippen molar-refractivity contribution in [2.45, 2.75) is 23.8 Å². The molecule has 0 aromatic heterocycles. The molecule has 2 rings (SSSR count). The summed E-state index contributed by atoms with van der Waals surface area (Å²) in [4.78, 5) is 15.4.